The first-order chi connectivity index (χ1) is 11.1. The minimum absolute atomic E-state index is 0. The van der Waals surface area contributed by atoms with Crippen LogP contribution in [0, 0.1) is 0 Å². The molecule has 0 unspecified atom stereocenters. The van der Waals surface area contributed by atoms with E-state index >= 15 is 0 Å². The van der Waals surface area contributed by atoms with Gasteiger partial charge in [-0.2, -0.15) is 0 Å². The van der Waals surface area contributed by atoms with Gasteiger partial charge in [0.25, 0.3) is 0 Å². The highest BCUT2D eigenvalue weighted by Crippen LogP contribution is 2.01. The fourth-order valence-electron chi connectivity index (χ4n) is 2.32. The van der Waals surface area contributed by atoms with E-state index in [9.17, 15) is 0 Å². The van der Waals surface area contributed by atoms with Crippen molar-refractivity contribution in [1.29, 1.82) is 0 Å². The van der Waals surface area contributed by atoms with Crippen molar-refractivity contribution in [3.8, 4) is 0 Å². The van der Waals surface area contributed by atoms with Crippen molar-refractivity contribution in [2.75, 3.05) is 33.7 Å². The minimum atomic E-state index is 0. The summed E-state index contributed by atoms with van der Waals surface area (Å²) >= 11 is 0. The molecule has 0 aliphatic carbocycles. The lowest BCUT2D eigenvalue weighted by molar-refractivity contribution is 0.268. The number of hydrogen-bond donors (Lipinski definition) is 2. The van der Waals surface area contributed by atoms with Crippen LogP contribution in [0.25, 0.3) is 0 Å². The van der Waals surface area contributed by atoms with E-state index in [1.165, 1.54) is 18.4 Å². The van der Waals surface area contributed by atoms with E-state index in [1.807, 2.05) is 7.05 Å². The summed E-state index contributed by atoms with van der Waals surface area (Å²) < 4.78 is 0. The van der Waals surface area contributed by atoms with Crippen LogP contribution in [0.2, 0.25) is 0 Å². The van der Waals surface area contributed by atoms with E-state index in [2.05, 4.69) is 71.8 Å². The average molecular weight is 446 g/mol. The highest BCUT2D eigenvalue weighted by molar-refractivity contribution is 14.0. The molecule has 0 atom stereocenters. The molecule has 1 aromatic carbocycles. The molecule has 1 rings (SSSR count). The van der Waals surface area contributed by atoms with Gasteiger partial charge in [0.15, 0.2) is 5.96 Å². The second kappa shape index (κ2) is 14.5. The van der Waals surface area contributed by atoms with Crippen LogP contribution in [-0.2, 0) is 6.42 Å². The fraction of sp³-hybridized carbons (Fsp3) is 0.632. The number of nitrogens with zero attached hydrogens (tertiary/aromatic N) is 2. The molecule has 24 heavy (non-hydrogen) atoms. The molecule has 1 aromatic rings. The van der Waals surface area contributed by atoms with Crippen molar-refractivity contribution in [2.24, 2.45) is 4.99 Å². The van der Waals surface area contributed by atoms with E-state index in [-0.39, 0.29) is 24.0 Å². The fourth-order valence-corrected chi connectivity index (χ4v) is 2.32. The van der Waals surface area contributed by atoms with Crippen molar-refractivity contribution in [3.05, 3.63) is 35.9 Å². The molecule has 0 spiro atoms. The quantitative estimate of drug-likeness (QED) is 0.250. The third-order valence-corrected chi connectivity index (χ3v) is 4.11. The van der Waals surface area contributed by atoms with Gasteiger partial charge in [0.1, 0.15) is 0 Å². The standard InChI is InChI=1S/C19H34N4.HI/c1-17(2)23(4)16-9-8-14-21-19(20-3)22-15-10-13-18-11-6-5-7-12-18;/h5-7,11-12,17H,8-10,13-16H2,1-4H3,(H2,20,21,22);1H. The number of nitrogens with one attached hydrogen (secondary N) is 2. The Bertz CT molecular complexity index is 434. The Morgan fingerprint density at radius 1 is 1.04 bits per heavy atom. The lowest BCUT2D eigenvalue weighted by Crippen LogP contribution is -2.38. The van der Waals surface area contributed by atoms with Crippen LogP contribution in [-0.4, -0.2) is 50.6 Å². The molecule has 4 nitrogen and oxygen atoms in total. The monoisotopic (exact) mass is 446 g/mol. The lowest BCUT2D eigenvalue weighted by Gasteiger charge is -2.20. The Balaban J connectivity index is 0.00000529. The van der Waals surface area contributed by atoms with Crippen LogP contribution in [0.15, 0.2) is 35.3 Å². The van der Waals surface area contributed by atoms with E-state index in [0.717, 1.165) is 38.4 Å². The Hall–Kier alpha value is -0.820. The summed E-state index contributed by atoms with van der Waals surface area (Å²) in [5.41, 5.74) is 1.39. The van der Waals surface area contributed by atoms with Gasteiger partial charge >= 0.3 is 0 Å². The molecular formula is C19H35IN4. The first-order valence-corrected chi connectivity index (χ1v) is 8.82. The van der Waals surface area contributed by atoms with Crippen molar-refractivity contribution >= 4 is 29.9 Å². The van der Waals surface area contributed by atoms with Crippen LogP contribution >= 0.6 is 24.0 Å². The maximum absolute atomic E-state index is 4.28. The summed E-state index contributed by atoms with van der Waals surface area (Å²) in [7, 11) is 4.02. The summed E-state index contributed by atoms with van der Waals surface area (Å²) in [6, 6.07) is 11.2. The molecular weight excluding hydrogens is 411 g/mol. The van der Waals surface area contributed by atoms with E-state index in [4.69, 9.17) is 0 Å². The number of rotatable bonds is 10. The summed E-state index contributed by atoms with van der Waals surface area (Å²) in [4.78, 5) is 6.66. The van der Waals surface area contributed by atoms with Gasteiger partial charge in [-0.3, -0.25) is 4.99 Å². The second-order valence-corrected chi connectivity index (χ2v) is 6.30. The first kappa shape index (κ1) is 23.2. The van der Waals surface area contributed by atoms with E-state index < -0.39 is 0 Å². The summed E-state index contributed by atoms with van der Waals surface area (Å²) in [6.45, 7) is 7.55. The molecule has 0 amide bonds. The van der Waals surface area contributed by atoms with Crippen LogP contribution in [0.5, 0.6) is 0 Å². The second-order valence-electron chi connectivity index (χ2n) is 6.30. The van der Waals surface area contributed by atoms with E-state index in [0.29, 0.717) is 6.04 Å². The predicted octanol–water partition coefficient (Wildman–Crippen LogP) is 3.52. The lowest BCUT2D eigenvalue weighted by atomic mass is 10.1. The molecule has 0 fully saturated rings. The zero-order valence-electron chi connectivity index (χ0n) is 15.7. The Labute approximate surface area is 165 Å². The highest BCUT2D eigenvalue weighted by Gasteiger charge is 2.02. The number of hydrogen-bond acceptors (Lipinski definition) is 2. The number of benzene rings is 1. The average Bonchev–Trinajstić information content (AvgIpc) is 2.57. The van der Waals surface area contributed by atoms with E-state index in [1.54, 1.807) is 0 Å². The van der Waals surface area contributed by atoms with Gasteiger partial charge in [-0.25, -0.2) is 0 Å². The molecule has 0 heterocycles. The Morgan fingerprint density at radius 3 is 2.25 bits per heavy atom. The van der Waals surface area contributed by atoms with Crippen LogP contribution in [0.1, 0.15) is 38.7 Å². The highest BCUT2D eigenvalue weighted by atomic mass is 127. The van der Waals surface area contributed by atoms with Crippen LogP contribution < -0.4 is 10.6 Å². The summed E-state index contributed by atoms with van der Waals surface area (Å²) in [5, 5.41) is 6.78. The summed E-state index contributed by atoms with van der Waals surface area (Å²) in [5.74, 6) is 0.912. The van der Waals surface area contributed by atoms with Crippen molar-refractivity contribution in [2.45, 2.75) is 45.6 Å². The molecule has 0 saturated heterocycles. The van der Waals surface area contributed by atoms with Crippen molar-refractivity contribution in [3.63, 3.8) is 0 Å². The molecule has 0 aromatic heterocycles. The van der Waals surface area contributed by atoms with Gasteiger partial charge in [0, 0.05) is 26.2 Å². The minimum Gasteiger partial charge on any atom is -0.356 e. The number of unbranched alkanes of at least 4 members (excludes halogenated alkanes) is 1. The molecule has 138 valence electrons. The van der Waals surface area contributed by atoms with Gasteiger partial charge in [-0.1, -0.05) is 30.3 Å². The molecule has 0 aliphatic heterocycles. The smallest absolute Gasteiger partial charge is 0.190 e. The molecule has 2 N–H and O–H groups in total. The molecule has 5 heteroatoms. The number of guanidine groups is 1. The molecule has 0 bridgehead atoms. The normalized spacial score (nSPS) is 11.5. The van der Waals surface area contributed by atoms with Gasteiger partial charge < -0.3 is 15.5 Å². The van der Waals surface area contributed by atoms with Crippen molar-refractivity contribution < 1.29 is 0 Å². The summed E-state index contributed by atoms with van der Waals surface area (Å²) in [6.07, 6.45) is 4.60. The van der Waals surface area contributed by atoms with Gasteiger partial charge in [0.05, 0.1) is 0 Å². The van der Waals surface area contributed by atoms with Gasteiger partial charge in [0.2, 0.25) is 0 Å². The Morgan fingerprint density at radius 2 is 1.67 bits per heavy atom. The van der Waals surface area contributed by atoms with Gasteiger partial charge in [-0.15, -0.1) is 24.0 Å². The van der Waals surface area contributed by atoms with Crippen LogP contribution in [0.4, 0.5) is 0 Å². The SMILES string of the molecule is CN=C(NCCCCN(C)C(C)C)NCCCc1ccccc1.I. The molecule has 0 aliphatic rings. The third-order valence-electron chi connectivity index (χ3n) is 4.11. The van der Waals surface area contributed by atoms with Crippen LogP contribution in [0.3, 0.4) is 0 Å². The largest absolute Gasteiger partial charge is 0.356 e. The maximum Gasteiger partial charge on any atom is 0.190 e. The number of aliphatic imine (C=N–C) groups is 1. The zero-order chi connectivity index (χ0) is 16.9. The number of halogens is 1. The van der Waals surface area contributed by atoms with Crippen molar-refractivity contribution in [1.82, 2.24) is 15.5 Å². The first-order valence-electron chi connectivity index (χ1n) is 8.82. The number of aryl methyl sites for hydroxylation is 1. The zero-order valence-corrected chi connectivity index (χ0v) is 18.0. The topological polar surface area (TPSA) is 39.7 Å². The van der Waals surface area contributed by atoms with Gasteiger partial charge in [-0.05, 0) is 58.7 Å². The molecule has 0 radical (unpaired) electrons. The predicted molar refractivity (Wildman–Crippen MR) is 117 cm³/mol. The third kappa shape index (κ3) is 10.9. The molecule has 0 saturated carbocycles. The maximum atomic E-state index is 4.28. The Kier molecular flexibility index (Phi) is 14.0.